The van der Waals surface area contributed by atoms with Gasteiger partial charge in [-0.15, -0.1) is 5.12 Å². The second kappa shape index (κ2) is 10.3. The molecule has 4 N–H and O–H groups in total. The third-order valence-corrected chi connectivity index (χ3v) is 6.66. The molecule has 33 heavy (non-hydrogen) atoms. The Labute approximate surface area is 193 Å². The number of nitrogens with zero attached hydrogens (tertiary/aromatic N) is 2. The number of ether oxygens (including phenoxy) is 1. The van der Waals surface area contributed by atoms with Crippen molar-refractivity contribution in [2.24, 2.45) is 0 Å². The molecule has 178 valence electrons. The fraction of sp³-hybridized carbons (Fsp3) is 0.364. The smallest absolute Gasteiger partial charge is 0.194 e. The van der Waals surface area contributed by atoms with E-state index in [1.165, 1.54) is 6.20 Å². The molecule has 0 spiro atoms. The number of benzene rings is 2. The minimum Gasteiger partial charge on any atom is -0.394 e. The van der Waals surface area contributed by atoms with Gasteiger partial charge in [0.1, 0.15) is 6.10 Å². The number of hydrogen-bond acceptors (Lipinski definition) is 8. The van der Waals surface area contributed by atoms with Crippen molar-refractivity contribution >= 4 is 17.6 Å². The number of nitrogens with one attached hydrogen (secondary N) is 1. The van der Waals surface area contributed by atoms with Crippen molar-refractivity contribution in [3.63, 3.8) is 0 Å². The van der Waals surface area contributed by atoms with Crippen LogP contribution in [0.15, 0.2) is 48.7 Å². The third kappa shape index (κ3) is 5.29. The molecule has 4 atom stereocenters. The first-order chi connectivity index (χ1) is 15.9. The number of hydrazine groups is 2. The van der Waals surface area contributed by atoms with Gasteiger partial charge in [-0.05, 0) is 24.1 Å². The maximum atomic E-state index is 13.9. The molecule has 1 saturated heterocycles. The Hall–Kier alpha value is -2.28. The van der Waals surface area contributed by atoms with Crippen molar-refractivity contribution in [2.75, 3.05) is 13.2 Å². The van der Waals surface area contributed by atoms with E-state index in [2.05, 4.69) is 5.43 Å². The van der Waals surface area contributed by atoms with E-state index in [1.54, 1.807) is 9.53 Å². The second-order valence-electron chi connectivity index (χ2n) is 7.75. The van der Waals surface area contributed by atoms with Crippen LogP contribution in [-0.2, 0) is 11.2 Å². The van der Waals surface area contributed by atoms with E-state index in [-0.39, 0.29) is 12.0 Å². The first-order valence-electron chi connectivity index (χ1n) is 10.4. The Morgan fingerprint density at radius 1 is 1.06 bits per heavy atom. The van der Waals surface area contributed by atoms with E-state index in [0.717, 1.165) is 29.6 Å². The minimum atomic E-state index is -1.56. The summed E-state index contributed by atoms with van der Waals surface area (Å²) in [6.45, 7) is 0.00996. The lowest BCUT2D eigenvalue weighted by atomic mass is 10.0. The maximum absolute atomic E-state index is 13.9. The van der Waals surface area contributed by atoms with Crippen molar-refractivity contribution < 1.29 is 33.2 Å². The number of rotatable bonds is 7. The van der Waals surface area contributed by atoms with Crippen molar-refractivity contribution in [3.05, 3.63) is 77.2 Å². The molecule has 2 aromatic carbocycles. The molecule has 0 bridgehead atoms. The van der Waals surface area contributed by atoms with Gasteiger partial charge in [0.25, 0.3) is 0 Å². The summed E-state index contributed by atoms with van der Waals surface area (Å²) in [5, 5.41) is 31.6. The molecule has 0 aliphatic carbocycles. The Morgan fingerprint density at radius 2 is 1.76 bits per heavy atom. The van der Waals surface area contributed by atoms with Gasteiger partial charge in [0.15, 0.2) is 22.9 Å². The predicted molar refractivity (Wildman–Crippen MR) is 116 cm³/mol. The third-order valence-electron chi connectivity index (χ3n) is 5.43. The number of halogens is 3. The summed E-state index contributed by atoms with van der Waals surface area (Å²) in [5.74, 6) is -4.21. The summed E-state index contributed by atoms with van der Waals surface area (Å²) < 4.78 is 48.6. The van der Waals surface area contributed by atoms with Crippen LogP contribution >= 0.6 is 11.9 Å². The molecule has 1 fully saturated rings. The van der Waals surface area contributed by atoms with Gasteiger partial charge in [-0.25, -0.2) is 17.6 Å². The van der Waals surface area contributed by atoms with Crippen molar-refractivity contribution in [3.8, 4) is 0 Å². The Balaban J connectivity index is 1.58. The van der Waals surface area contributed by atoms with Gasteiger partial charge in [-0.3, -0.25) is 0 Å². The highest BCUT2D eigenvalue weighted by Gasteiger charge is 2.40. The summed E-state index contributed by atoms with van der Waals surface area (Å²) in [7, 11) is 0. The highest BCUT2D eigenvalue weighted by atomic mass is 32.2. The quantitative estimate of drug-likeness (QED) is 0.352. The summed E-state index contributed by atoms with van der Waals surface area (Å²) in [6.07, 6.45) is -0.836. The van der Waals surface area contributed by atoms with Crippen LogP contribution in [0.5, 0.6) is 0 Å². The molecule has 2 heterocycles. The van der Waals surface area contributed by atoms with Gasteiger partial charge in [-0.2, -0.15) is 0 Å². The standard InChI is InChI=1S/C22H24F3N3O4S/c23-15-8-14(9-16(24)21(15)25)17-11-26-27(7-6-13-4-2-1-3-5-13)28(17)33-22-19(31)10-18(30)20(12-29)32-22/h1-5,8-9,11,18-20,22,26,29-31H,6-7,10,12H2/t18-,19-,20-,22-/m1/s1. The molecule has 2 aromatic rings. The molecule has 7 nitrogen and oxygen atoms in total. The van der Waals surface area contributed by atoms with Crippen LogP contribution in [0, 0.1) is 17.5 Å². The van der Waals surface area contributed by atoms with Gasteiger partial charge in [0.05, 0.1) is 24.5 Å². The van der Waals surface area contributed by atoms with Crippen LogP contribution in [0.25, 0.3) is 5.70 Å². The lowest BCUT2D eigenvalue weighted by Crippen LogP contribution is -2.50. The lowest BCUT2D eigenvalue weighted by molar-refractivity contribution is -0.151. The van der Waals surface area contributed by atoms with Crippen molar-refractivity contribution in [2.45, 2.75) is 36.6 Å². The molecule has 2 aliphatic heterocycles. The van der Waals surface area contributed by atoms with E-state index in [9.17, 15) is 28.5 Å². The Kier molecular flexibility index (Phi) is 7.47. The maximum Gasteiger partial charge on any atom is 0.194 e. The largest absolute Gasteiger partial charge is 0.394 e. The molecule has 0 saturated carbocycles. The average molecular weight is 484 g/mol. The van der Waals surface area contributed by atoms with E-state index < -0.39 is 47.8 Å². The van der Waals surface area contributed by atoms with Gasteiger partial charge in [-0.1, -0.05) is 30.3 Å². The van der Waals surface area contributed by atoms with E-state index >= 15 is 0 Å². The van der Waals surface area contributed by atoms with Crippen LogP contribution < -0.4 is 5.43 Å². The van der Waals surface area contributed by atoms with Crippen LogP contribution in [0.2, 0.25) is 0 Å². The molecule has 0 unspecified atom stereocenters. The summed E-state index contributed by atoms with van der Waals surface area (Å²) in [6, 6.07) is 11.4. The molecular formula is C22H24F3N3O4S. The van der Waals surface area contributed by atoms with E-state index in [0.29, 0.717) is 18.7 Å². The first kappa shape index (κ1) is 23.9. The zero-order valence-corrected chi connectivity index (χ0v) is 18.3. The highest BCUT2D eigenvalue weighted by molar-refractivity contribution is 7.97. The predicted octanol–water partition coefficient (Wildman–Crippen LogP) is 2.16. The number of hydrogen-bond donors (Lipinski definition) is 4. The lowest BCUT2D eigenvalue weighted by Gasteiger charge is -2.39. The van der Waals surface area contributed by atoms with Gasteiger partial charge in [0, 0.05) is 36.7 Å². The minimum absolute atomic E-state index is 0.00692. The molecular weight excluding hydrogens is 459 g/mol. The normalized spacial score (nSPS) is 25.8. The molecule has 11 heteroatoms. The second-order valence-corrected chi connectivity index (χ2v) is 8.77. The fourth-order valence-electron chi connectivity index (χ4n) is 3.64. The van der Waals surface area contributed by atoms with Gasteiger partial charge >= 0.3 is 0 Å². The van der Waals surface area contributed by atoms with E-state index in [1.807, 2.05) is 30.3 Å². The monoisotopic (exact) mass is 483 g/mol. The summed E-state index contributed by atoms with van der Waals surface area (Å²) >= 11 is 1.01. The number of aliphatic hydroxyl groups is 3. The van der Waals surface area contributed by atoms with Gasteiger partial charge in [0.2, 0.25) is 0 Å². The van der Waals surface area contributed by atoms with Crippen LogP contribution in [-0.4, -0.2) is 61.8 Å². The van der Waals surface area contributed by atoms with E-state index in [4.69, 9.17) is 4.74 Å². The molecule has 2 aliphatic rings. The number of aliphatic hydroxyl groups excluding tert-OH is 3. The molecule has 0 radical (unpaired) electrons. The fourth-order valence-corrected chi connectivity index (χ4v) is 4.80. The van der Waals surface area contributed by atoms with Crippen LogP contribution in [0.1, 0.15) is 17.5 Å². The molecule has 0 aromatic heterocycles. The van der Waals surface area contributed by atoms with Crippen LogP contribution in [0.3, 0.4) is 0 Å². The zero-order valence-electron chi connectivity index (χ0n) is 17.4. The average Bonchev–Trinajstić information content (AvgIpc) is 3.20. The van der Waals surface area contributed by atoms with Crippen molar-refractivity contribution in [1.82, 2.24) is 15.0 Å². The van der Waals surface area contributed by atoms with Crippen molar-refractivity contribution in [1.29, 1.82) is 0 Å². The zero-order chi connectivity index (χ0) is 23.5. The van der Waals surface area contributed by atoms with Gasteiger partial charge < -0.3 is 25.5 Å². The SMILES string of the molecule is OC[C@H]1O[C@H](SN2C(c3cc(F)c(F)c(F)c3)=CNN2CCc2ccccc2)[C@H](O)C[C@H]1O. The Morgan fingerprint density at radius 3 is 2.42 bits per heavy atom. The summed E-state index contributed by atoms with van der Waals surface area (Å²) in [4.78, 5) is 0. The molecule has 0 amide bonds. The Bertz CT molecular complexity index is 977. The molecule has 4 rings (SSSR count). The first-order valence-corrected chi connectivity index (χ1v) is 11.2. The topological polar surface area (TPSA) is 88.4 Å². The highest BCUT2D eigenvalue weighted by Crippen LogP contribution is 2.38. The summed E-state index contributed by atoms with van der Waals surface area (Å²) in [5.41, 5.74) is 3.59. The van der Waals surface area contributed by atoms with Crippen LogP contribution in [0.4, 0.5) is 13.2 Å².